The largest absolute Gasteiger partial charge is 0.379 e. The van der Waals surface area contributed by atoms with Crippen LogP contribution in [-0.4, -0.2) is 66.5 Å². The maximum absolute atomic E-state index is 12.4. The number of aromatic nitrogens is 2. The number of aryl methyl sites for hydroxylation is 1. The number of rotatable bonds is 6. The Morgan fingerprint density at radius 3 is 2.57 bits per heavy atom. The van der Waals surface area contributed by atoms with Crippen molar-refractivity contribution in [2.45, 2.75) is 19.0 Å². The van der Waals surface area contributed by atoms with Crippen LogP contribution in [0, 0.1) is 0 Å². The molecule has 2 atom stereocenters. The molecule has 9 heteroatoms. The van der Waals surface area contributed by atoms with E-state index in [0.29, 0.717) is 0 Å². The number of carbonyl (C=O) groups is 1. The van der Waals surface area contributed by atoms with Gasteiger partial charge in [-0.15, -0.1) is 24.8 Å². The Balaban J connectivity index is 0.00000242. The van der Waals surface area contributed by atoms with E-state index < -0.39 is 0 Å². The third kappa shape index (κ3) is 6.64. The zero-order valence-corrected chi connectivity index (χ0v) is 15.5. The third-order valence-corrected chi connectivity index (χ3v) is 3.63. The number of halogens is 2. The molecule has 2 N–H and O–H groups in total. The molecular formula is C14H27Cl2N5O2. The highest BCUT2D eigenvalue weighted by Crippen LogP contribution is 2.11. The first-order chi connectivity index (χ1) is 10.1. The Bertz CT molecular complexity index is 466. The average molecular weight is 368 g/mol. The van der Waals surface area contributed by atoms with Crippen molar-refractivity contribution in [3.05, 3.63) is 18.0 Å². The number of hydrogen-bond acceptors (Lipinski definition) is 5. The number of amides is 1. The summed E-state index contributed by atoms with van der Waals surface area (Å²) in [5.74, 6) is -0.0220. The van der Waals surface area contributed by atoms with Gasteiger partial charge in [0.1, 0.15) is 6.04 Å². The summed E-state index contributed by atoms with van der Waals surface area (Å²) >= 11 is 0. The Morgan fingerprint density at radius 2 is 2.04 bits per heavy atom. The fraction of sp³-hybridized carbons (Fsp3) is 0.714. The first-order valence-corrected chi connectivity index (χ1v) is 7.36. The molecule has 23 heavy (non-hydrogen) atoms. The Labute approximate surface area is 149 Å². The van der Waals surface area contributed by atoms with E-state index in [1.807, 2.05) is 20.2 Å². The SMILES string of the molecule is CNC(C(=O)NC(C)CN1CCOCC1)c1cnn(C)c1.Cl.Cl. The van der Waals surface area contributed by atoms with Gasteiger partial charge in [0.15, 0.2) is 0 Å². The average Bonchev–Trinajstić information content (AvgIpc) is 2.87. The summed E-state index contributed by atoms with van der Waals surface area (Å²) in [7, 11) is 3.62. The molecule has 2 unspecified atom stereocenters. The number of morpholine rings is 1. The van der Waals surface area contributed by atoms with Gasteiger partial charge in [0.2, 0.25) is 5.91 Å². The van der Waals surface area contributed by atoms with E-state index in [9.17, 15) is 4.79 Å². The van der Waals surface area contributed by atoms with Gasteiger partial charge in [-0.2, -0.15) is 5.10 Å². The fourth-order valence-corrected chi connectivity index (χ4v) is 2.58. The number of nitrogens with zero attached hydrogens (tertiary/aromatic N) is 3. The van der Waals surface area contributed by atoms with Gasteiger partial charge in [-0.3, -0.25) is 14.4 Å². The molecule has 0 radical (unpaired) electrons. The van der Waals surface area contributed by atoms with Gasteiger partial charge in [0, 0.05) is 44.5 Å². The van der Waals surface area contributed by atoms with Crippen molar-refractivity contribution >= 4 is 30.7 Å². The number of hydrogen-bond donors (Lipinski definition) is 2. The van der Waals surface area contributed by atoms with E-state index in [0.717, 1.165) is 38.4 Å². The van der Waals surface area contributed by atoms with E-state index >= 15 is 0 Å². The highest BCUT2D eigenvalue weighted by atomic mass is 35.5. The predicted molar refractivity (Wildman–Crippen MR) is 94.4 cm³/mol. The summed E-state index contributed by atoms with van der Waals surface area (Å²) in [6.45, 7) is 6.28. The summed E-state index contributed by atoms with van der Waals surface area (Å²) in [4.78, 5) is 14.7. The second kappa shape index (κ2) is 10.8. The molecule has 1 amide bonds. The lowest BCUT2D eigenvalue weighted by Crippen LogP contribution is -2.48. The zero-order valence-electron chi connectivity index (χ0n) is 13.8. The fourth-order valence-electron chi connectivity index (χ4n) is 2.58. The van der Waals surface area contributed by atoms with E-state index in [-0.39, 0.29) is 42.8 Å². The smallest absolute Gasteiger partial charge is 0.242 e. The Hall–Kier alpha value is -0.860. The molecule has 1 fully saturated rings. The molecule has 2 heterocycles. The van der Waals surface area contributed by atoms with Crippen LogP contribution in [0.4, 0.5) is 0 Å². The van der Waals surface area contributed by atoms with Gasteiger partial charge in [0.25, 0.3) is 0 Å². The number of likely N-dealkylation sites (N-methyl/N-ethyl adjacent to an activating group) is 1. The number of carbonyl (C=O) groups excluding carboxylic acids is 1. The van der Waals surface area contributed by atoms with Crippen LogP contribution in [0.25, 0.3) is 0 Å². The highest BCUT2D eigenvalue weighted by Gasteiger charge is 2.22. The molecule has 0 bridgehead atoms. The van der Waals surface area contributed by atoms with Crippen molar-refractivity contribution in [1.82, 2.24) is 25.3 Å². The first-order valence-electron chi connectivity index (χ1n) is 7.36. The Kier molecular flexibility index (Phi) is 10.4. The second-order valence-corrected chi connectivity index (χ2v) is 5.49. The summed E-state index contributed by atoms with van der Waals surface area (Å²) < 4.78 is 7.03. The van der Waals surface area contributed by atoms with Crippen LogP contribution in [-0.2, 0) is 16.6 Å². The van der Waals surface area contributed by atoms with Crippen molar-refractivity contribution < 1.29 is 9.53 Å². The van der Waals surface area contributed by atoms with Gasteiger partial charge in [-0.1, -0.05) is 0 Å². The predicted octanol–water partition coefficient (Wildman–Crippen LogP) is 0.361. The lowest BCUT2D eigenvalue weighted by molar-refractivity contribution is -0.124. The minimum atomic E-state index is -0.370. The third-order valence-electron chi connectivity index (χ3n) is 3.63. The van der Waals surface area contributed by atoms with E-state index in [4.69, 9.17) is 4.74 Å². The Morgan fingerprint density at radius 1 is 1.39 bits per heavy atom. The van der Waals surface area contributed by atoms with Crippen molar-refractivity contribution in [1.29, 1.82) is 0 Å². The van der Waals surface area contributed by atoms with Crippen LogP contribution in [0.5, 0.6) is 0 Å². The molecule has 134 valence electrons. The molecule has 0 saturated carbocycles. The van der Waals surface area contributed by atoms with Crippen molar-refractivity contribution in [3.8, 4) is 0 Å². The van der Waals surface area contributed by atoms with Crippen LogP contribution in [0.15, 0.2) is 12.4 Å². The molecule has 1 aromatic heterocycles. The van der Waals surface area contributed by atoms with Crippen LogP contribution in [0.1, 0.15) is 18.5 Å². The van der Waals surface area contributed by atoms with Crippen molar-refractivity contribution in [3.63, 3.8) is 0 Å². The van der Waals surface area contributed by atoms with Gasteiger partial charge < -0.3 is 15.4 Å². The summed E-state index contributed by atoms with van der Waals surface area (Å²) in [5, 5.41) is 10.2. The molecule has 1 saturated heterocycles. The van der Waals surface area contributed by atoms with E-state index in [1.165, 1.54) is 0 Å². The van der Waals surface area contributed by atoms with Crippen LogP contribution in [0.2, 0.25) is 0 Å². The number of ether oxygens (including phenoxy) is 1. The van der Waals surface area contributed by atoms with Gasteiger partial charge in [-0.05, 0) is 14.0 Å². The molecule has 1 aromatic rings. The minimum Gasteiger partial charge on any atom is -0.379 e. The molecular weight excluding hydrogens is 341 g/mol. The topological polar surface area (TPSA) is 71.4 Å². The maximum atomic E-state index is 12.4. The summed E-state index contributed by atoms with van der Waals surface area (Å²) in [6, 6.07) is -0.269. The van der Waals surface area contributed by atoms with Crippen LogP contribution >= 0.6 is 24.8 Å². The standard InChI is InChI=1S/C14H25N5O2.2ClH/c1-11(9-19-4-6-21-7-5-19)17-14(20)13(15-2)12-8-16-18(3)10-12;;/h8,10-11,13,15H,4-7,9H2,1-3H3,(H,17,20);2*1H. The van der Waals surface area contributed by atoms with Gasteiger partial charge in [-0.25, -0.2) is 0 Å². The normalized spacial score (nSPS) is 17.5. The summed E-state index contributed by atoms with van der Waals surface area (Å²) in [6.07, 6.45) is 3.57. The van der Waals surface area contributed by atoms with E-state index in [2.05, 4.69) is 20.6 Å². The molecule has 1 aliphatic heterocycles. The molecule has 2 rings (SSSR count). The van der Waals surface area contributed by atoms with Crippen molar-refractivity contribution in [2.24, 2.45) is 7.05 Å². The molecule has 0 aliphatic carbocycles. The number of nitrogens with one attached hydrogen (secondary N) is 2. The van der Waals surface area contributed by atoms with Crippen LogP contribution in [0.3, 0.4) is 0 Å². The highest BCUT2D eigenvalue weighted by molar-refractivity contribution is 5.85. The molecule has 7 nitrogen and oxygen atoms in total. The second-order valence-electron chi connectivity index (χ2n) is 5.49. The lowest BCUT2D eigenvalue weighted by atomic mass is 10.1. The van der Waals surface area contributed by atoms with Gasteiger partial charge in [0.05, 0.1) is 19.4 Å². The lowest BCUT2D eigenvalue weighted by Gasteiger charge is -2.30. The molecule has 0 spiro atoms. The quantitative estimate of drug-likeness (QED) is 0.759. The van der Waals surface area contributed by atoms with E-state index in [1.54, 1.807) is 17.9 Å². The zero-order chi connectivity index (χ0) is 15.2. The molecule has 0 aromatic carbocycles. The summed E-state index contributed by atoms with van der Waals surface area (Å²) in [5.41, 5.74) is 0.871. The maximum Gasteiger partial charge on any atom is 0.242 e. The van der Waals surface area contributed by atoms with Gasteiger partial charge >= 0.3 is 0 Å². The molecule has 1 aliphatic rings. The monoisotopic (exact) mass is 367 g/mol. The first kappa shape index (κ1) is 22.1. The minimum absolute atomic E-state index is 0. The van der Waals surface area contributed by atoms with Crippen molar-refractivity contribution in [2.75, 3.05) is 39.9 Å². The van der Waals surface area contributed by atoms with Crippen LogP contribution < -0.4 is 10.6 Å².